The van der Waals surface area contributed by atoms with Gasteiger partial charge in [0.1, 0.15) is 5.41 Å². The zero-order valence-corrected chi connectivity index (χ0v) is 5.33. The molecule has 0 aliphatic carbocycles. The molecule has 1 aliphatic heterocycles. The summed E-state index contributed by atoms with van der Waals surface area (Å²) < 4.78 is 36.1. The number of nitrogens with two attached hydrogens (primary N) is 1. The first kappa shape index (κ1) is 7.81. The maximum absolute atomic E-state index is 12.0. The van der Waals surface area contributed by atoms with Crippen molar-refractivity contribution in [3.05, 3.63) is 0 Å². The van der Waals surface area contributed by atoms with Gasteiger partial charge in [-0.3, -0.25) is 0 Å². The van der Waals surface area contributed by atoms with Gasteiger partial charge in [-0.05, 0) is 0 Å². The molecule has 10 heavy (non-hydrogen) atoms. The summed E-state index contributed by atoms with van der Waals surface area (Å²) in [7, 11) is 0. The molecule has 0 atom stereocenters. The zero-order valence-electron chi connectivity index (χ0n) is 5.33. The van der Waals surface area contributed by atoms with E-state index in [1.54, 1.807) is 0 Å². The molecular weight excluding hydrogens is 145 g/mol. The lowest BCUT2D eigenvalue weighted by atomic mass is 9.81. The third-order valence-corrected chi connectivity index (χ3v) is 1.92. The number of nitrogens with one attached hydrogen (secondary N) is 1. The predicted octanol–water partition coefficient (Wildman–Crippen LogP) is 0.0970. The highest BCUT2D eigenvalue weighted by Gasteiger charge is 2.57. The summed E-state index contributed by atoms with van der Waals surface area (Å²) in [5, 5.41) is 2.56. The lowest BCUT2D eigenvalue weighted by molar-refractivity contribution is -0.235. The highest BCUT2D eigenvalue weighted by atomic mass is 19.4. The monoisotopic (exact) mass is 154 g/mol. The van der Waals surface area contributed by atoms with Gasteiger partial charge in [-0.15, -0.1) is 0 Å². The maximum Gasteiger partial charge on any atom is 0.398 e. The molecule has 5 heteroatoms. The molecule has 0 unspecified atom stereocenters. The van der Waals surface area contributed by atoms with Gasteiger partial charge in [-0.1, -0.05) is 0 Å². The van der Waals surface area contributed by atoms with Gasteiger partial charge in [0.05, 0.1) is 0 Å². The van der Waals surface area contributed by atoms with Gasteiger partial charge in [0.15, 0.2) is 0 Å². The molecule has 1 heterocycles. The van der Waals surface area contributed by atoms with Crippen molar-refractivity contribution in [2.24, 2.45) is 11.1 Å². The molecule has 60 valence electrons. The Morgan fingerprint density at radius 1 is 1.40 bits per heavy atom. The first-order valence-corrected chi connectivity index (χ1v) is 2.99. The average molecular weight is 154 g/mol. The molecule has 0 aromatic heterocycles. The van der Waals surface area contributed by atoms with Crippen LogP contribution in [0.15, 0.2) is 0 Å². The molecule has 0 saturated carbocycles. The molecule has 0 amide bonds. The van der Waals surface area contributed by atoms with E-state index in [9.17, 15) is 13.2 Å². The van der Waals surface area contributed by atoms with Crippen LogP contribution >= 0.6 is 0 Å². The number of rotatable bonds is 1. The minimum atomic E-state index is -4.15. The van der Waals surface area contributed by atoms with Crippen LogP contribution in [-0.4, -0.2) is 25.8 Å². The molecular formula is C5H9F3N2. The van der Waals surface area contributed by atoms with Crippen molar-refractivity contribution < 1.29 is 13.2 Å². The van der Waals surface area contributed by atoms with E-state index < -0.39 is 11.6 Å². The molecule has 3 N–H and O–H groups in total. The van der Waals surface area contributed by atoms with Crippen LogP contribution < -0.4 is 11.1 Å². The Kier molecular flexibility index (Phi) is 1.64. The summed E-state index contributed by atoms with van der Waals surface area (Å²) >= 11 is 0. The molecule has 0 aromatic carbocycles. The summed E-state index contributed by atoms with van der Waals surface area (Å²) in [5.41, 5.74) is 3.36. The minimum absolute atomic E-state index is 0.0347. The Morgan fingerprint density at radius 3 is 1.90 bits per heavy atom. The number of alkyl halides is 3. The molecule has 1 rings (SSSR count). The fraction of sp³-hybridized carbons (Fsp3) is 1.00. The number of hydrogen-bond donors (Lipinski definition) is 2. The molecule has 1 saturated heterocycles. The second-order valence-corrected chi connectivity index (χ2v) is 2.59. The Balaban J connectivity index is 2.65. The summed E-state index contributed by atoms with van der Waals surface area (Å²) in [6.07, 6.45) is -4.15. The SMILES string of the molecule is NCC1(C(F)(F)F)CNC1. The molecule has 0 bridgehead atoms. The first-order chi connectivity index (χ1) is 4.52. The summed E-state index contributed by atoms with van der Waals surface area (Å²) in [6.45, 7) is -0.385. The Bertz CT molecular complexity index is 122. The van der Waals surface area contributed by atoms with Crippen LogP contribution in [0.5, 0.6) is 0 Å². The van der Waals surface area contributed by atoms with E-state index in [-0.39, 0.29) is 19.6 Å². The van der Waals surface area contributed by atoms with Gasteiger partial charge >= 0.3 is 6.18 Å². The van der Waals surface area contributed by atoms with E-state index in [0.29, 0.717) is 0 Å². The van der Waals surface area contributed by atoms with E-state index in [0.717, 1.165) is 0 Å². The molecule has 0 spiro atoms. The van der Waals surface area contributed by atoms with E-state index in [2.05, 4.69) is 5.32 Å². The quantitative estimate of drug-likeness (QED) is 0.562. The smallest absolute Gasteiger partial charge is 0.329 e. The van der Waals surface area contributed by atoms with E-state index in [1.165, 1.54) is 0 Å². The van der Waals surface area contributed by atoms with Crippen LogP contribution in [0.3, 0.4) is 0 Å². The fourth-order valence-corrected chi connectivity index (χ4v) is 0.887. The topological polar surface area (TPSA) is 38.0 Å². The molecule has 2 nitrogen and oxygen atoms in total. The summed E-state index contributed by atoms with van der Waals surface area (Å²) in [4.78, 5) is 0. The fourth-order valence-electron chi connectivity index (χ4n) is 0.887. The standard InChI is InChI=1S/C5H9F3N2/c6-5(7,8)4(1-9)2-10-3-4/h10H,1-3,9H2. The van der Waals surface area contributed by atoms with Crippen LogP contribution in [0.2, 0.25) is 0 Å². The second-order valence-electron chi connectivity index (χ2n) is 2.59. The van der Waals surface area contributed by atoms with Crippen molar-refractivity contribution in [1.82, 2.24) is 5.32 Å². The molecule has 0 aromatic rings. The number of halogens is 3. The van der Waals surface area contributed by atoms with Crippen molar-refractivity contribution in [3.8, 4) is 0 Å². The minimum Gasteiger partial charge on any atom is -0.329 e. The third kappa shape index (κ3) is 0.894. The van der Waals surface area contributed by atoms with Crippen molar-refractivity contribution in [1.29, 1.82) is 0 Å². The highest BCUT2D eigenvalue weighted by molar-refractivity contribution is 4.98. The zero-order chi connectivity index (χ0) is 7.83. The summed E-state index contributed by atoms with van der Waals surface area (Å²) in [6, 6.07) is 0. The maximum atomic E-state index is 12.0. The van der Waals surface area contributed by atoms with Crippen LogP contribution in [0.4, 0.5) is 13.2 Å². The normalized spacial score (nSPS) is 24.0. The third-order valence-electron chi connectivity index (χ3n) is 1.92. The second kappa shape index (κ2) is 2.10. The Labute approximate surface area is 56.6 Å². The van der Waals surface area contributed by atoms with Gasteiger partial charge in [0.25, 0.3) is 0 Å². The van der Waals surface area contributed by atoms with Crippen LogP contribution in [0.1, 0.15) is 0 Å². The highest BCUT2D eigenvalue weighted by Crippen LogP contribution is 2.40. The van der Waals surface area contributed by atoms with E-state index in [1.807, 2.05) is 0 Å². The lowest BCUT2D eigenvalue weighted by Crippen LogP contribution is -2.65. The lowest BCUT2D eigenvalue weighted by Gasteiger charge is -2.42. The van der Waals surface area contributed by atoms with Crippen molar-refractivity contribution in [2.75, 3.05) is 19.6 Å². The average Bonchev–Trinajstić information content (AvgIpc) is 1.58. The molecule has 0 radical (unpaired) electrons. The molecule has 1 aliphatic rings. The Hall–Kier alpha value is -0.290. The van der Waals surface area contributed by atoms with Gasteiger partial charge in [0, 0.05) is 19.6 Å². The van der Waals surface area contributed by atoms with Gasteiger partial charge in [0.2, 0.25) is 0 Å². The van der Waals surface area contributed by atoms with Crippen LogP contribution in [0.25, 0.3) is 0 Å². The van der Waals surface area contributed by atoms with Crippen molar-refractivity contribution in [3.63, 3.8) is 0 Å². The first-order valence-electron chi connectivity index (χ1n) is 2.99. The van der Waals surface area contributed by atoms with Crippen molar-refractivity contribution >= 4 is 0 Å². The molecule has 1 fully saturated rings. The Morgan fingerprint density at radius 2 is 1.90 bits per heavy atom. The van der Waals surface area contributed by atoms with Gasteiger partial charge in [-0.2, -0.15) is 13.2 Å². The van der Waals surface area contributed by atoms with Crippen LogP contribution in [-0.2, 0) is 0 Å². The predicted molar refractivity (Wildman–Crippen MR) is 30.4 cm³/mol. The van der Waals surface area contributed by atoms with Crippen LogP contribution in [0, 0.1) is 5.41 Å². The van der Waals surface area contributed by atoms with Gasteiger partial charge in [-0.25, -0.2) is 0 Å². The number of hydrogen-bond acceptors (Lipinski definition) is 2. The van der Waals surface area contributed by atoms with E-state index in [4.69, 9.17) is 5.73 Å². The van der Waals surface area contributed by atoms with Crippen molar-refractivity contribution in [2.45, 2.75) is 6.18 Å². The van der Waals surface area contributed by atoms with Gasteiger partial charge < -0.3 is 11.1 Å². The van der Waals surface area contributed by atoms with E-state index >= 15 is 0 Å². The summed E-state index contributed by atoms with van der Waals surface area (Å²) in [5.74, 6) is 0. The largest absolute Gasteiger partial charge is 0.398 e.